The Bertz CT molecular complexity index is 852. The lowest BCUT2D eigenvalue weighted by Gasteiger charge is -2.32. The van der Waals surface area contributed by atoms with E-state index in [4.69, 9.17) is 9.47 Å². The van der Waals surface area contributed by atoms with Crippen LogP contribution in [0.5, 0.6) is 11.5 Å². The number of carbonyl (C=O) groups excluding carboxylic acids is 2. The van der Waals surface area contributed by atoms with Crippen LogP contribution in [-0.2, 0) is 16.1 Å². The molecule has 176 valence electrons. The zero-order valence-electron chi connectivity index (χ0n) is 19.9. The molecule has 3 aliphatic rings. The van der Waals surface area contributed by atoms with Crippen molar-refractivity contribution in [2.75, 3.05) is 53.0 Å². The summed E-state index contributed by atoms with van der Waals surface area (Å²) < 4.78 is 11.2. The maximum absolute atomic E-state index is 13.7. The maximum Gasteiger partial charge on any atom is 0.232 e. The van der Waals surface area contributed by atoms with Gasteiger partial charge in [-0.3, -0.25) is 14.5 Å². The van der Waals surface area contributed by atoms with Gasteiger partial charge in [-0.25, -0.2) is 0 Å². The fraction of sp³-hybridized carbons (Fsp3) is 0.680. The standard InChI is InChI=1S/C25H37N3O4/c1-5-32-21-9-8-19(12-22(21)31-4)13-26-14-20-15-28(23(29)18(2)3)17-25(20,16-26)24(30)27-10-6-7-11-27/h8-9,12,18,20H,5-7,10-11,13-17H2,1-4H3/t20-,25-/m1/s1. The van der Waals surface area contributed by atoms with E-state index in [2.05, 4.69) is 11.0 Å². The van der Waals surface area contributed by atoms with Crippen LogP contribution >= 0.6 is 0 Å². The average molecular weight is 444 g/mol. The van der Waals surface area contributed by atoms with Crippen LogP contribution in [0.25, 0.3) is 0 Å². The number of amides is 2. The van der Waals surface area contributed by atoms with E-state index in [9.17, 15) is 9.59 Å². The molecule has 7 heteroatoms. The molecular weight excluding hydrogens is 406 g/mol. The van der Waals surface area contributed by atoms with Crippen molar-refractivity contribution < 1.29 is 19.1 Å². The number of fused-ring (bicyclic) bond motifs is 1. The predicted octanol–water partition coefficient (Wildman–Crippen LogP) is 2.63. The van der Waals surface area contributed by atoms with E-state index >= 15 is 0 Å². The SMILES string of the molecule is CCOc1ccc(CN2C[C@@H]3CN(C(=O)C(C)C)C[C@]3(C(=O)N3CCCC3)C2)cc1OC. The number of carbonyl (C=O) groups is 2. The molecule has 2 amide bonds. The van der Waals surface area contributed by atoms with E-state index in [1.807, 2.05) is 42.7 Å². The number of likely N-dealkylation sites (tertiary alicyclic amines) is 3. The molecule has 0 bridgehead atoms. The van der Waals surface area contributed by atoms with E-state index in [-0.39, 0.29) is 23.7 Å². The maximum atomic E-state index is 13.7. The topological polar surface area (TPSA) is 62.3 Å². The first kappa shape index (κ1) is 22.9. The predicted molar refractivity (Wildman–Crippen MR) is 123 cm³/mol. The van der Waals surface area contributed by atoms with Gasteiger partial charge < -0.3 is 19.3 Å². The number of hydrogen-bond acceptors (Lipinski definition) is 5. The monoisotopic (exact) mass is 443 g/mol. The molecule has 4 rings (SSSR count). The highest BCUT2D eigenvalue weighted by molar-refractivity contribution is 5.87. The minimum absolute atomic E-state index is 0.0415. The van der Waals surface area contributed by atoms with Crippen molar-refractivity contribution in [2.24, 2.45) is 17.3 Å². The lowest BCUT2D eigenvalue weighted by Crippen LogP contribution is -2.49. The van der Waals surface area contributed by atoms with E-state index in [1.54, 1.807) is 7.11 Å². The van der Waals surface area contributed by atoms with Crippen molar-refractivity contribution >= 4 is 11.8 Å². The third-order valence-corrected chi connectivity index (χ3v) is 7.24. The van der Waals surface area contributed by atoms with Crippen LogP contribution < -0.4 is 9.47 Å². The van der Waals surface area contributed by atoms with Crippen LogP contribution in [0, 0.1) is 17.3 Å². The molecule has 3 heterocycles. The third-order valence-electron chi connectivity index (χ3n) is 7.24. The van der Waals surface area contributed by atoms with Crippen LogP contribution in [0.4, 0.5) is 0 Å². The van der Waals surface area contributed by atoms with Gasteiger partial charge in [0.25, 0.3) is 0 Å². The number of ether oxygens (including phenoxy) is 2. The van der Waals surface area contributed by atoms with Gasteiger partial charge in [-0.05, 0) is 37.5 Å². The molecule has 3 fully saturated rings. The normalized spacial score (nSPS) is 25.5. The Morgan fingerprint density at radius 1 is 1.09 bits per heavy atom. The summed E-state index contributed by atoms with van der Waals surface area (Å²) in [5.41, 5.74) is 0.661. The smallest absolute Gasteiger partial charge is 0.232 e. The van der Waals surface area contributed by atoms with Gasteiger partial charge >= 0.3 is 0 Å². The van der Waals surface area contributed by atoms with Crippen molar-refractivity contribution in [2.45, 2.75) is 40.2 Å². The molecule has 0 spiro atoms. The van der Waals surface area contributed by atoms with Gasteiger partial charge in [-0.2, -0.15) is 0 Å². The van der Waals surface area contributed by atoms with E-state index < -0.39 is 5.41 Å². The van der Waals surface area contributed by atoms with Gasteiger partial charge in [0.05, 0.1) is 19.1 Å². The number of methoxy groups -OCH3 is 1. The summed E-state index contributed by atoms with van der Waals surface area (Å²) in [6, 6.07) is 6.07. The van der Waals surface area contributed by atoms with Gasteiger partial charge in [0.2, 0.25) is 11.8 Å². The number of nitrogens with zero attached hydrogens (tertiary/aromatic N) is 3. The zero-order chi connectivity index (χ0) is 22.9. The summed E-state index contributed by atoms with van der Waals surface area (Å²) >= 11 is 0. The lowest BCUT2D eigenvalue weighted by atomic mass is 9.79. The first-order valence-corrected chi connectivity index (χ1v) is 12.0. The molecular formula is C25H37N3O4. The number of rotatable bonds is 7. The van der Waals surface area contributed by atoms with Gasteiger partial charge in [-0.15, -0.1) is 0 Å². The third kappa shape index (κ3) is 4.19. The zero-order valence-corrected chi connectivity index (χ0v) is 19.9. The molecule has 2 atom stereocenters. The molecule has 3 saturated heterocycles. The fourth-order valence-corrected chi connectivity index (χ4v) is 5.70. The molecule has 3 aliphatic heterocycles. The number of benzene rings is 1. The Labute approximate surface area is 191 Å². The fourth-order valence-electron chi connectivity index (χ4n) is 5.70. The molecule has 0 radical (unpaired) electrons. The van der Waals surface area contributed by atoms with Crippen LogP contribution in [0.3, 0.4) is 0 Å². The highest BCUT2D eigenvalue weighted by Crippen LogP contribution is 2.45. The average Bonchev–Trinajstić information content (AvgIpc) is 3.49. The largest absolute Gasteiger partial charge is 0.493 e. The molecule has 7 nitrogen and oxygen atoms in total. The molecule has 0 N–H and O–H groups in total. The van der Waals surface area contributed by atoms with Crippen molar-refractivity contribution in [3.63, 3.8) is 0 Å². The van der Waals surface area contributed by atoms with Crippen LogP contribution in [0.1, 0.15) is 39.2 Å². The summed E-state index contributed by atoms with van der Waals surface area (Å²) in [7, 11) is 1.66. The van der Waals surface area contributed by atoms with E-state index in [1.165, 1.54) is 0 Å². The molecule has 32 heavy (non-hydrogen) atoms. The summed E-state index contributed by atoms with van der Waals surface area (Å²) in [6.07, 6.45) is 2.16. The Hall–Kier alpha value is -2.28. The lowest BCUT2D eigenvalue weighted by molar-refractivity contribution is -0.142. The van der Waals surface area contributed by atoms with Gasteiger partial charge in [0.15, 0.2) is 11.5 Å². The highest BCUT2D eigenvalue weighted by atomic mass is 16.5. The highest BCUT2D eigenvalue weighted by Gasteiger charge is 2.59. The Morgan fingerprint density at radius 3 is 2.50 bits per heavy atom. The van der Waals surface area contributed by atoms with Gasteiger partial charge in [0.1, 0.15) is 0 Å². The molecule has 1 aromatic rings. The molecule has 0 unspecified atom stereocenters. The van der Waals surface area contributed by atoms with E-state index in [0.717, 1.165) is 56.1 Å². The first-order valence-electron chi connectivity index (χ1n) is 12.0. The molecule has 0 aliphatic carbocycles. The second-order valence-corrected chi connectivity index (χ2v) is 9.81. The summed E-state index contributed by atoms with van der Waals surface area (Å²) in [4.78, 5) is 32.8. The van der Waals surface area contributed by atoms with Crippen molar-refractivity contribution in [1.29, 1.82) is 0 Å². The van der Waals surface area contributed by atoms with Crippen LogP contribution in [0.15, 0.2) is 18.2 Å². The van der Waals surface area contributed by atoms with Crippen molar-refractivity contribution in [3.8, 4) is 11.5 Å². The summed E-state index contributed by atoms with van der Waals surface area (Å²) in [5.74, 6) is 2.05. The van der Waals surface area contributed by atoms with Crippen molar-refractivity contribution in [3.05, 3.63) is 23.8 Å². The molecule has 1 aromatic carbocycles. The molecule has 0 saturated carbocycles. The Balaban J connectivity index is 1.53. The van der Waals surface area contributed by atoms with E-state index in [0.29, 0.717) is 26.2 Å². The first-order chi connectivity index (χ1) is 15.4. The second-order valence-electron chi connectivity index (χ2n) is 9.81. The summed E-state index contributed by atoms with van der Waals surface area (Å²) in [6.45, 7) is 11.6. The summed E-state index contributed by atoms with van der Waals surface area (Å²) in [5, 5.41) is 0. The minimum atomic E-state index is -0.482. The van der Waals surface area contributed by atoms with Crippen LogP contribution in [0.2, 0.25) is 0 Å². The van der Waals surface area contributed by atoms with Gasteiger partial charge in [-0.1, -0.05) is 19.9 Å². The van der Waals surface area contributed by atoms with Gasteiger partial charge in [0, 0.05) is 57.6 Å². The van der Waals surface area contributed by atoms with Crippen LogP contribution in [-0.4, -0.2) is 79.5 Å². The second kappa shape index (κ2) is 9.30. The van der Waals surface area contributed by atoms with Crippen molar-refractivity contribution in [1.82, 2.24) is 14.7 Å². The minimum Gasteiger partial charge on any atom is -0.493 e. The Morgan fingerprint density at radius 2 is 1.84 bits per heavy atom. The molecule has 0 aromatic heterocycles. The number of hydrogen-bond donors (Lipinski definition) is 0. The Kier molecular flexibility index (Phi) is 6.65. The quantitative estimate of drug-likeness (QED) is 0.648.